The molecule has 0 aliphatic heterocycles. The van der Waals surface area contributed by atoms with Crippen LogP contribution in [0.2, 0.25) is 0 Å². The lowest BCUT2D eigenvalue weighted by Crippen LogP contribution is -2.80. The number of rotatable bonds is 9. The summed E-state index contributed by atoms with van der Waals surface area (Å²) in [5.74, 6) is 0.844. The average molecular weight is 389 g/mol. The normalized spacial score (nSPS) is 11.1. The highest BCUT2D eigenvalue weighted by atomic mass is 16.5. The molecule has 0 heterocycles. The Balaban J connectivity index is 1.45. The van der Waals surface area contributed by atoms with Gasteiger partial charge in [0, 0.05) is 11.1 Å². The molecule has 29 heavy (non-hydrogen) atoms. The summed E-state index contributed by atoms with van der Waals surface area (Å²) in [4.78, 5) is 0. The number of quaternary nitrogens is 1. The Labute approximate surface area is 173 Å². The summed E-state index contributed by atoms with van der Waals surface area (Å²) in [7, 11) is 0. The average Bonchev–Trinajstić information content (AvgIpc) is 2.72. The van der Waals surface area contributed by atoms with E-state index in [1.165, 1.54) is 22.3 Å². The maximum absolute atomic E-state index is 8.82. The van der Waals surface area contributed by atoms with Crippen molar-refractivity contribution >= 4 is 6.08 Å². The maximum atomic E-state index is 8.82. The van der Waals surface area contributed by atoms with Gasteiger partial charge in [0.15, 0.2) is 0 Å². The molecule has 0 aromatic heterocycles. The van der Waals surface area contributed by atoms with Crippen LogP contribution in [0, 0.1) is 13.8 Å². The van der Waals surface area contributed by atoms with Crippen molar-refractivity contribution in [3.05, 3.63) is 106 Å². The van der Waals surface area contributed by atoms with E-state index in [1.54, 1.807) is 6.08 Å². The summed E-state index contributed by atoms with van der Waals surface area (Å²) in [6.45, 7) is 6.88. The number of aliphatic hydroxyl groups excluding tert-OH is 1. The molecule has 0 saturated heterocycles. The van der Waals surface area contributed by atoms with E-state index >= 15 is 0 Å². The van der Waals surface area contributed by atoms with Gasteiger partial charge in [0.2, 0.25) is 0 Å². The van der Waals surface area contributed by atoms with E-state index in [4.69, 9.17) is 9.84 Å². The molecule has 0 spiro atoms. The molecule has 0 bridgehead atoms. The Bertz CT molecular complexity index is 908. The highest BCUT2D eigenvalue weighted by molar-refractivity contribution is 5.50. The molecule has 3 heteroatoms. The lowest BCUT2D eigenvalue weighted by molar-refractivity contribution is -0.686. The van der Waals surface area contributed by atoms with Crippen LogP contribution in [0.1, 0.15) is 33.4 Å². The van der Waals surface area contributed by atoms with Gasteiger partial charge in [-0.05, 0) is 37.1 Å². The molecule has 0 atom stereocenters. The first-order valence-electron chi connectivity index (χ1n) is 10.1. The third-order valence-corrected chi connectivity index (χ3v) is 4.77. The molecule has 0 radical (unpaired) electrons. The maximum Gasteiger partial charge on any atom is 0.119 e. The fourth-order valence-corrected chi connectivity index (χ4v) is 3.39. The second kappa shape index (κ2) is 10.6. The number of nitrogens with two attached hydrogens (primary N) is 1. The Morgan fingerprint density at radius 1 is 0.793 bits per heavy atom. The van der Waals surface area contributed by atoms with Crippen LogP contribution >= 0.6 is 0 Å². The van der Waals surface area contributed by atoms with Crippen molar-refractivity contribution in [2.24, 2.45) is 0 Å². The molecule has 3 N–H and O–H groups in total. The zero-order valence-corrected chi connectivity index (χ0v) is 17.3. The van der Waals surface area contributed by atoms with E-state index in [2.05, 4.69) is 61.6 Å². The molecular weight excluding hydrogens is 358 g/mol. The minimum absolute atomic E-state index is 0.0532. The second-order valence-electron chi connectivity index (χ2n) is 7.45. The summed E-state index contributed by atoms with van der Waals surface area (Å²) in [6, 6.07) is 23.2. The van der Waals surface area contributed by atoms with Gasteiger partial charge in [-0.1, -0.05) is 77.9 Å². The van der Waals surface area contributed by atoms with Gasteiger partial charge in [0.05, 0.1) is 6.61 Å². The monoisotopic (exact) mass is 388 g/mol. The predicted molar refractivity (Wildman–Crippen MR) is 119 cm³/mol. The van der Waals surface area contributed by atoms with Gasteiger partial charge < -0.3 is 15.2 Å². The standard InChI is InChI=1S/C26H29NO2/c1-20-14-21(2)16-25(15-20)18-27-17-23-5-7-24(8-6-23)19-29-26-11-9-22(10-12-26)4-3-13-28/h3-12,14-16,27-28H,13,17-19H2,1-2H3/p+1/b4-3+. The largest absolute Gasteiger partial charge is 0.489 e. The molecule has 0 saturated carbocycles. The van der Waals surface area contributed by atoms with E-state index in [9.17, 15) is 0 Å². The minimum atomic E-state index is 0.0532. The van der Waals surface area contributed by atoms with Crippen LogP contribution < -0.4 is 10.1 Å². The number of benzene rings is 3. The number of aryl methyl sites for hydroxylation is 2. The van der Waals surface area contributed by atoms with Crippen LogP contribution in [0.4, 0.5) is 0 Å². The Hall–Kier alpha value is -2.88. The summed E-state index contributed by atoms with van der Waals surface area (Å²) < 4.78 is 5.87. The molecule has 0 amide bonds. The fourth-order valence-electron chi connectivity index (χ4n) is 3.39. The van der Waals surface area contributed by atoms with E-state index in [0.29, 0.717) is 6.61 Å². The van der Waals surface area contributed by atoms with E-state index in [1.807, 2.05) is 30.3 Å². The zero-order valence-electron chi connectivity index (χ0n) is 17.3. The van der Waals surface area contributed by atoms with Crippen molar-refractivity contribution in [2.75, 3.05) is 6.61 Å². The second-order valence-corrected chi connectivity index (χ2v) is 7.45. The third kappa shape index (κ3) is 6.90. The van der Waals surface area contributed by atoms with Gasteiger partial charge in [-0.15, -0.1) is 0 Å². The molecule has 3 aromatic rings. The van der Waals surface area contributed by atoms with E-state index in [-0.39, 0.29) is 6.61 Å². The Morgan fingerprint density at radius 3 is 2.07 bits per heavy atom. The Morgan fingerprint density at radius 2 is 1.41 bits per heavy atom. The van der Waals surface area contributed by atoms with Crippen LogP contribution in [0.5, 0.6) is 5.75 Å². The molecule has 3 aromatic carbocycles. The molecule has 3 rings (SSSR count). The van der Waals surface area contributed by atoms with Crippen LogP contribution in [0.15, 0.2) is 72.8 Å². The summed E-state index contributed by atoms with van der Waals surface area (Å²) in [5.41, 5.74) is 7.56. The van der Waals surface area contributed by atoms with E-state index < -0.39 is 0 Å². The first kappa shape index (κ1) is 20.8. The van der Waals surface area contributed by atoms with Crippen molar-refractivity contribution in [1.82, 2.24) is 0 Å². The molecule has 0 unspecified atom stereocenters. The highest BCUT2D eigenvalue weighted by Gasteiger charge is 2.01. The summed E-state index contributed by atoms with van der Waals surface area (Å²) in [5, 5.41) is 11.2. The quantitative estimate of drug-likeness (QED) is 0.578. The molecule has 0 fully saturated rings. The summed E-state index contributed by atoms with van der Waals surface area (Å²) in [6.07, 6.45) is 3.61. The van der Waals surface area contributed by atoms with Gasteiger partial charge in [0.25, 0.3) is 0 Å². The molecular formula is C26H30NO2+. The van der Waals surface area contributed by atoms with Crippen molar-refractivity contribution < 1.29 is 15.2 Å². The lowest BCUT2D eigenvalue weighted by Gasteiger charge is -2.08. The molecule has 3 nitrogen and oxygen atoms in total. The topological polar surface area (TPSA) is 46.1 Å². The first-order valence-corrected chi connectivity index (χ1v) is 10.1. The van der Waals surface area contributed by atoms with Gasteiger partial charge in [-0.2, -0.15) is 0 Å². The Kier molecular flexibility index (Phi) is 7.62. The van der Waals surface area contributed by atoms with Gasteiger partial charge in [0.1, 0.15) is 25.4 Å². The molecule has 0 aliphatic carbocycles. The van der Waals surface area contributed by atoms with Gasteiger partial charge >= 0.3 is 0 Å². The number of aliphatic hydroxyl groups is 1. The number of hydrogen-bond acceptors (Lipinski definition) is 2. The van der Waals surface area contributed by atoms with Gasteiger partial charge in [-0.3, -0.25) is 0 Å². The van der Waals surface area contributed by atoms with Crippen molar-refractivity contribution in [3.8, 4) is 5.75 Å². The van der Waals surface area contributed by atoms with Crippen LogP contribution in [0.25, 0.3) is 6.08 Å². The molecule has 150 valence electrons. The number of hydrogen-bond donors (Lipinski definition) is 2. The smallest absolute Gasteiger partial charge is 0.119 e. The lowest BCUT2D eigenvalue weighted by atomic mass is 10.1. The minimum Gasteiger partial charge on any atom is -0.489 e. The predicted octanol–water partition coefficient (Wildman–Crippen LogP) is 4.15. The van der Waals surface area contributed by atoms with Crippen LogP contribution in [-0.2, 0) is 19.7 Å². The highest BCUT2D eigenvalue weighted by Crippen LogP contribution is 2.15. The SMILES string of the molecule is Cc1cc(C)cc(C[NH2+]Cc2ccc(COc3ccc(/C=C/CO)cc3)cc2)c1. The zero-order chi connectivity index (χ0) is 20.5. The fraction of sp³-hybridized carbons (Fsp3) is 0.231. The van der Waals surface area contributed by atoms with Crippen molar-refractivity contribution in [3.63, 3.8) is 0 Å². The number of ether oxygens (including phenoxy) is 1. The van der Waals surface area contributed by atoms with Gasteiger partial charge in [-0.25, -0.2) is 0 Å². The van der Waals surface area contributed by atoms with Crippen LogP contribution in [-0.4, -0.2) is 11.7 Å². The molecule has 0 aliphatic rings. The van der Waals surface area contributed by atoms with Crippen molar-refractivity contribution in [1.29, 1.82) is 0 Å². The summed E-state index contributed by atoms with van der Waals surface area (Å²) >= 11 is 0. The van der Waals surface area contributed by atoms with Crippen LogP contribution in [0.3, 0.4) is 0 Å². The van der Waals surface area contributed by atoms with Crippen molar-refractivity contribution in [2.45, 2.75) is 33.5 Å². The first-order chi connectivity index (χ1) is 14.1. The van der Waals surface area contributed by atoms with E-state index in [0.717, 1.165) is 30.0 Å². The third-order valence-electron chi connectivity index (χ3n) is 4.77.